The molecular formula is C21H27N3O4S. The monoisotopic (exact) mass is 417 g/mol. The van der Waals surface area contributed by atoms with E-state index in [4.69, 9.17) is 4.42 Å². The van der Waals surface area contributed by atoms with Crippen molar-refractivity contribution in [2.75, 3.05) is 32.7 Å². The number of nitrogens with zero attached hydrogens (tertiary/aromatic N) is 2. The standard InChI is InChI=1S/C21H27N3O4S/c25-21(22-16-19(20-6-5-15-28-20)23-11-1-2-12-23)17-7-9-18(10-8-17)29(26,27)24-13-3-4-14-24/h5-10,15,19H,1-4,11-14,16H2,(H,22,25)/t19-/m0/s1. The Hall–Kier alpha value is -2.16. The zero-order valence-electron chi connectivity index (χ0n) is 16.4. The largest absolute Gasteiger partial charge is 0.468 e. The average Bonchev–Trinajstić information content (AvgIpc) is 3.52. The second-order valence-corrected chi connectivity index (χ2v) is 9.56. The quantitative estimate of drug-likeness (QED) is 0.749. The Bertz CT molecular complexity index is 913. The fourth-order valence-electron chi connectivity index (χ4n) is 4.09. The Labute approximate surface area is 171 Å². The second kappa shape index (κ2) is 8.69. The number of hydrogen-bond acceptors (Lipinski definition) is 5. The van der Waals surface area contributed by atoms with E-state index in [1.165, 1.54) is 16.4 Å². The molecule has 2 aliphatic heterocycles. The van der Waals surface area contributed by atoms with Crippen molar-refractivity contribution in [1.82, 2.24) is 14.5 Å². The van der Waals surface area contributed by atoms with E-state index >= 15 is 0 Å². The smallest absolute Gasteiger partial charge is 0.251 e. The van der Waals surface area contributed by atoms with E-state index in [1.54, 1.807) is 18.4 Å². The van der Waals surface area contributed by atoms with E-state index in [-0.39, 0.29) is 16.8 Å². The molecule has 4 rings (SSSR count). The van der Waals surface area contributed by atoms with E-state index in [2.05, 4.69) is 10.2 Å². The van der Waals surface area contributed by atoms with Crippen molar-refractivity contribution < 1.29 is 17.6 Å². The zero-order chi connectivity index (χ0) is 20.3. The lowest BCUT2D eigenvalue weighted by atomic mass is 10.1. The highest BCUT2D eigenvalue weighted by atomic mass is 32.2. The van der Waals surface area contributed by atoms with Crippen LogP contribution in [0.4, 0.5) is 0 Å². The summed E-state index contributed by atoms with van der Waals surface area (Å²) in [5.41, 5.74) is 0.449. The first-order chi connectivity index (χ1) is 14.1. The van der Waals surface area contributed by atoms with Crippen molar-refractivity contribution in [3.63, 3.8) is 0 Å². The number of rotatable bonds is 7. The molecule has 0 aliphatic carbocycles. The van der Waals surface area contributed by atoms with Gasteiger partial charge in [-0.3, -0.25) is 9.69 Å². The van der Waals surface area contributed by atoms with Crippen LogP contribution in [0.5, 0.6) is 0 Å². The summed E-state index contributed by atoms with van der Waals surface area (Å²) in [6.45, 7) is 3.55. The Balaban J connectivity index is 1.41. The van der Waals surface area contributed by atoms with E-state index in [1.807, 2.05) is 12.1 Å². The molecule has 2 fully saturated rings. The van der Waals surface area contributed by atoms with Gasteiger partial charge >= 0.3 is 0 Å². The molecule has 8 heteroatoms. The van der Waals surface area contributed by atoms with E-state index < -0.39 is 10.0 Å². The fraction of sp³-hybridized carbons (Fsp3) is 0.476. The Morgan fingerprint density at radius 1 is 1.00 bits per heavy atom. The molecule has 0 bridgehead atoms. The number of carbonyl (C=O) groups excluding carboxylic acids is 1. The maximum Gasteiger partial charge on any atom is 0.251 e. The molecule has 1 aromatic carbocycles. The Kier molecular flexibility index (Phi) is 6.03. The molecule has 2 aromatic rings. The van der Waals surface area contributed by atoms with Crippen LogP contribution in [0.2, 0.25) is 0 Å². The van der Waals surface area contributed by atoms with Gasteiger partial charge in [0.15, 0.2) is 0 Å². The normalized spacial score (nSPS) is 19.4. The maximum atomic E-state index is 12.6. The Morgan fingerprint density at radius 2 is 1.66 bits per heavy atom. The Morgan fingerprint density at radius 3 is 2.28 bits per heavy atom. The number of carbonyl (C=O) groups is 1. The fourth-order valence-corrected chi connectivity index (χ4v) is 5.61. The van der Waals surface area contributed by atoms with Gasteiger partial charge in [0.05, 0.1) is 17.2 Å². The number of likely N-dealkylation sites (tertiary alicyclic amines) is 1. The number of furan rings is 1. The average molecular weight is 418 g/mol. The lowest BCUT2D eigenvalue weighted by molar-refractivity contribution is 0.0933. The van der Waals surface area contributed by atoms with Gasteiger partial charge in [0.25, 0.3) is 5.91 Å². The lowest BCUT2D eigenvalue weighted by Gasteiger charge is -2.26. The van der Waals surface area contributed by atoms with Crippen LogP contribution in [-0.4, -0.2) is 56.3 Å². The van der Waals surface area contributed by atoms with E-state index in [0.29, 0.717) is 25.2 Å². The van der Waals surface area contributed by atoms with Gasteiger partial charge in [-0.15, -0.1) is 0 Å². The molecule has 1 N–H and O–H groups in total. The second-order valence-electron chi connectivity index (χ2n) is 7.62. The zero-order valence-corrected chi connectivity index (χ0v) is 17.2. The molecule has 2 saturated heterocycles. The third kappa shape index (κ3) is 4.39. The van der Waals surface area contributed by atoms with Gasteiger partial charge < -0.3 is 9.73 Å². The molecule has 3 heterocycles. The number of nitrogens with one attached hydrogen (secondary N) is 1. The first-order valence-electron chi connectivity index (χ1n) is 10.2. The maximum absolute atomic E-state index is 12.6. The highest BCUT2D eigenvalue weighted by Gasteiger charge is 2.28. The number of benzene rings is 1. The van der Waals surface area contributed by atoms with Gasteiger partial charge in [0, 0.05) is 25.2 Å². The molecule has 1 atom stereocenters. The van der Waals surface area contributed by atoms with Crippen LogP contribution in [0.25, 0.3) is 0 Å². The van der Waals surface area contributed by atoms with Crippen molar-refractivity contribution in [2.24, 2.45) is 0 Å². The predicted molar refractivity (Wildman–Crippen MR) is 109 cm³/mol. The first kappa shape index (κ1) is 20.1. The molecule has 0 spiro atoms. The van der Waals surface area contributed by atoms with Gasteiger partial charge in [0.1, 0.15) is 5.76 Å². The van der Waals surface area contributed by atoms with E-state index in [9.17, 15) is 13.2 Å². The van der Waals surface area contributed by atoms with Crippen LogP contribution in [0, 0.1) is 0 Å². The molecule has 2 aliphatic rings. The van der Waals surface area contributed by atoms with Crippen LogP contribution in [0.15, 0.2) is 52.0 Å². The van der Waals surface area contributed by atoms with Gasteiger partial charge in [-0.25, -0.2) is 8.42 Å². The molecule has 0 unspecified atom stereocenters. The lowest BCUT2D eigenvalue weighted by Crippen LogP contribution is -2.36. The summed E-state index contributed by atoms with van der Waals surface area (Å²) >= 11 is 0. The van der Waals surface area contributed by atoms with E-state index in [0.717, 1.165) is 44.5 Å². The highest BCUT2D eigenvalue weighted by molar-refractivity contribution is 7.89. The topological polar surface area (TPSA) is 82.9 Å². The minimum atomic E-state index is -3.47. The summed E-state index contributed by atoms with van der Waals surface area (Å²) in [7, 11) is -3.47. The molecule has 7 nitrogen and oxygen atoms in total. The van der Waals surface area contributed by atoms with Gasteiger partial charge in [-0.05, 0) is 75.2 Å². The molecule has 1 amide bonds. The molecule has 156 valence electrons. The number of hydrogen-bond donors (Lipinski definition) is 1. The first-order valence-corrected chi connectivity index (χ1v) is 11.7. The van der Waals surface area contributed by atoms with Gasteiger partial charge in [-0.2, -0.15) is 4.31 Å². The van der Waals surface area contributed by atoms with Crippen molar-refractivity contribution in [2.45, 2.75) is 36.6 Å². The summed E-state index contributed by atoms with van der Waals surface area (Å²) in [6, 6.07) is 10.0. The predicted octanol–water partition coefficient (Wildman–Crippen LogP) is 2.63. The number of sulfonamides is 1. The van der Waals surface area contributed by atoms with Crippen LogP contribution in [0.3, 0.4) is 0 Å². The summed E-state index contributed by atoms with van der Waals surface area (Å²) in [5, 5.41) is 2.98. The van der Waals surface area contributed by atoms with Crippen LogP contribution < -0.4 is 5.32 Å². The van der Waals surface area contributed by atoms with Gasteiger partial charge in [-0.1, -0.05) is 0 Å². The SMILES string of the molecule is O=C(NC[C@@H](c1ccco1)N1CCCC1)c1ccc(S(=O)(=O)N2CCCC2)cc1. The van der Waals surface area contributed by atoms with Crippen molar-refractivity contribution >= 4 is 15.9 Å². The van der Waals surface area contributed by atoms with Crippen LogP contribution >= 0.6 is 0 Å². The molecule has 29 heavy (non-hydrogen) atoms. The summed E-state index contributed by atoms with van der Waals surface area (Å²) in [4.78, 5) is 15.2. The van der Waals surface area contributed by atoms with Crippen molar-refractivity contribution in [1.29, 1.82) is 0 Å². The minimum Gasteiger partial charge on any atom is -0.468 e. The van der Waals surface area contributed by atoms with Crippen LogP contribution in [-0.2, 0) is 10.0 Å². The third-order valence-electron chi connectivity index (χ3n) is 5.73. The molecule has 1 aromatic heterocycles. The van der Waals surface area contributed by atoms with Crippen molar-refractivity contribution in [3.8, 4) is 0 Å². The summed E-state index contributed by atoms with van der Waals surface area (Å²) in [5.74, 6) is 0.630. The van der Waals surface area contributed by atoms with Gasteiger partial charge in [0.2, 0.25) is 10.0 Å². The molecule has 0 radical (unpaired) electrons. The summed E-state index contributed by atoms with van der Waals surface area (Å²) < 4.78 is 32.3. The molecule has 0 saturated carbocycles. The van der Waals surface area contributed by atoms with Crippen molar-refractivity contribution in [3.05, 3.63) is 54.0 Å². The highest BCUT2D eigenvalue weighted by Crippen LogP contribution is 2.25. The minimum absolute atomic E-state index is 0.00580. The molecular weight excluding hydrogens is 390 g/mol. The van der Waals surface area contributed by atoms with Crippen LogP contribution in [0.1, 0.15) is 47.8 Å². The number of amides is 1. The summed E-state index contributed by atoms with van der Waals surface area (Å²) in [6.07, 6.45) is 5.75. The third-order valence-corrected chi connectivity index (χ3v) is 7.64.